The van der Waals surface area contributed by atoms with Gasteiger partial charge in [0.05, 0.1) is 0 Å². The lowest BCUT2D eigenvalue weighted by molar-refractivity contribution is -0.137. The summed E-state index contributed by atoms with van der Waals surface area (Å²) in [6.45, 7) is 1.40. The molecule has 1 aliphatic heterocycles. The normalized spacial score (nSPS) is 14.7. The SMILES string of the molecule is O=C(O)[C@H](Cc1ccc(Nc2nccc3ccncc23)cc1)Nc1c(N2CCCCC2)c(=O)c1=O. The number of benzene rings is 1. The van der Waals surface area contributed by atoms with Gasteiger partial charge in [0.15, 0.2) is 0 Å². The Kier molecular flexibility index (Phi) is 6.13. The van der Waals surface area contributed by atoms with E-state index in [-0.39, 0.29) is 12.1 Å². The second-order valence-corrected chi connectivity index (χ2v) is 8.75. The summed E-state index contributed by atoms with van der Waals surface area (Å²) in [6, 6.07) is 10.1. The molecule has 35 heavy (non-hydrogen) atoms. The number of nitrogens with zero attached hydrogens (tertiary/aromatic N) is 3. The van der Waals surface area contributed by atoms with Crippen LogP contribution in [0.15, 0.2) is 64.6 Å². The third kappa shape index (κ3) is 4.57. The molecule has 0 saturated carbocycles. The zero-order chi connectivity index (χ0) is 24.4. The summed E-state index contributed by atoms with van der Waals surface area (Å²) in [4.78, 5) is 46.8. The van der Waals surface area contributed by atoms with Crippen molar-refractivity contribution >= 4 is 39.6 Å². The van der Waals surface area contributed by atoms with Gasteiger partial charge in [-0.2, -0.15) is 0 Å². The van der Waals surface area contributed by atoms with E-state index in [1.807, 2.05) is 41.3 Å². The molecular weight excluding hydrogens is 446 g/mol. The highest BCUT2D eigenvalue weighted by Crippen LogP contribution is 2.26. The predicted octanol–water partition coefficient (Wildman–Crippen LogP) is 3.07. The number of aliphatic carboxylic acids is 1. The lowest BCUT2D eigenvalue weighted by Gasteiger charge is -2.31. The molecule has 0 aliphatic carbocycles. The van der Waals surface area contributed by atoms with Crippen molar-refractivity contribution in [3.8, 4) is 0 Å². The first-order chi connectivity index (χ1) is 17.0. The molecule has 0 spiro atoms. The topological polar surface area (TPSA) is 125 Å². The molecule has 5 rings (SSSR count). The molecule has 3 heterocycles. The molecule has 0 amide bonds. The molecule has 3 N–H and O–H groups in total. The minimum atomic E-state index is -1.09. The average Bonchev–Trinajstić information content (AvgIpc) is 2.89. The van der Waals surface area contributed by atoms with Gasteiger partial charge in [0.2, 0.25) is 0 Å². The van der Waals surface area contributed by atoms with E-state index in [0.29, 0.717) is 24.6 Å². The predicted molar refractivity (Wildman–Crippen MR) is 135 cm³/mol. The van der Waals surface area contributed by atoms with Crippen molar-refractivity contribution in [2.75, 3.05) is 28.6 Å². The molecule has 9 nitrogen and oxygen atoms in total. The number of rotatable bonds is 8. The molecule has 2 aromatic carbocycles. The maximum atomic E-state index is 12.2. The van der Waals surface area contributed by atoms with Gasteiger partial charge >= 0.3 is 5.97 Å². The molecule has 1 saturated heterocycles. The van der Waals surface area contributed by atoms with E-state index >= 15 is 0 Å². The number of piperidine rings is 1. The van der Waals surface area contributed by atoms with E-state index in [9.17, 15) is 19.5 Å². The van der Waals surface area contributed by atoms with Crippen LogP contribution >= 0.6 is 0 Å². The number of carboxylic acids is 1. The van der Waals surface area contributed by atoms with Crippen LogP contribution < -0.4 is 26.4 Å². The third-order valence-electron chi connectivity index (χ3n) is 6.40. The molecule has 2 aromatic heterocycles. The Hall–Kier alpha value is -4.27. The van der Waals surface area contributed by atoms with Gasteiger partial charge in [-0.25, -0.2) is 9.78 Å². The fraction of sp³-hybridized carbons (Fsp3) is 0.269. The summed E-state index contributed by atoms with van der Waals surface area (Å²) in [5.74, 6) is -0.406. The van der Waals surface area contributed by atoms with E-state index in [1.54, 1.807) is 18.6 Å². The number of carbonyl (C=O) groups is 1. The first-order valence-electron chi connectivity index (χ1n) is 11.6. The zero-order valence-corrected chi connectivity index (χ0v) is 19.0. The van der Waals surface area contributed by atoms with Gasteiger partial charge in [-0.3, -0.25) is 14.6 Å². The lowest BCUT2D eigenvalue weighted by Crippen LogP contribution is -2.47. The lowest BCUT2D eigenvalue weighted by atomic mass is 10.0. The van der Waals surface area contributed by atoms with E-state index in [1.165, 1.54) is 0 Å². The molecular formula is C26H25N5O4. The van der Waals surface area contributed by atoms with E-state index in [4.69, 9.17) is 0 Å². The summed E-state index contributed by atoms with van der Waals surface area (Å²) in [6.07, 6.45) is 8.35. The molecule has 4 aromatic rings. The van der Waals surface area contributed by atoms with Crippen molar-refractivity contribution < 1.29 is 9.90 Å². The standard InChI is InChI=1S/C26H25N5O4/c32-23-21(22(24(23)33)31-12-2-1-3-13-31)30-20(26(34)35)14-16-4-6-18(7-5-16)29-25-19-15-27-10-8-17(19)9-11-28-25/h4-11,15,20,30H,1-3,12-14H2,(H,28,29)(H,34,35)/t20-/m0/s1. The Morgan fingerprint density at radius 1 is 1.00 bits per heavy atom. The van der Waals surface area contributed by atoms with Crippen molar-refractivity contribution in [2.24, 2.45) is 0 Å². The number of hydrogen-bond donors (Lipinski definition) is 3. The second-order valence-electron chi connectivity index (χ2n) is 8.75. The molecule has 1 aliphatic rings. The highest BCUT2D eigenvalue weighted by molar-refractivity contribution is 5.92. The first-order valence-corrected chi connectivity index (χ1v) is 11.6. The summed E-state index contributed by atoms with van der Waals surface area (Å²) >= 11 is 0. The van der Waals surface area contributed by atoms with E-state index < -0.39 is 22.9 Å². The smallest absolute Gasteiger partial charge is 0.326 e. The minimum Gasteiger partial charge on any atom is -0.480 e. The van der Waals surface area contributed by atoms with Crippen molar-refractivity contribution in [3.05, 3.63) is 81.0 Å². The summed E-state index contributed by atoms with van der Waals surface area (Å²) in [5, 5.41) is 17.8. The van der Waals surface area contributed by atoms with E-state index in [2.05, 4.69) is 20.6 Å². The molecule has 178 valence electrons. The van der Waals surface area contributed by atoms with Crippen molar-refractivity contribution in [1.29, 1.82) is 0 Å². The van der Waals surface area contributed by atoms with Crippen LogP contribution in [0.4, 0.5) is 22.9 Å². The minimum absolute atomic E-state index is 0.123. The van der Waals surface area contributed by atoms with Gasteiger partial charge in [-0.1, -0.05) is 12.1 Å². The fourth-order valence-corrected chi connectivity index (χ4v) is 4.51. The largest absolute Gasteiger partial charge is 0.480 e. The molecule has 0 unspecified atom stereocenters. The number of hydrogen-bond acceptors (Lipinski definition) is 8. The second kappa shape index (κ2) is 9.54. The van der Waals surface area contributed by atoms with Crippen LogP contribution in [0.2, 0.25) is 0 Å². The van der Waals surface area contributed by atoms with Crippen LogP contribution in [0.25, 0.3) is 10.8 Å². The maximum absolute atomic E-state index is 12.2. The highest BCUT2D eigenvalue weighted by Gasteiger charge is 2.30. The van der Waals surface area contributed by atoms with Gasteiger partial charge in [0, 0.05) is 49.2 Å². The Morgan fingerprint density at radius 2 is 1.74 bits per heavy atom. The van der Waals surface area contributed by atoms with Crippen LogP contribution in [0, 0.1) is 0 Å². The van der Waals surface area contributed by atoms with Crippen LogP contribution in [0.3, 0.4) is 0 Å². The third-order valence-corrected chi connectivity index (χ3v) is 6.40. The number of pyridine rings is 2. The zero-order valence-electron chi connectivity index (χ0n) is 19.0. The van der Waals surface area contributed by atoms with Crippen LogP contribution in [-0.2, 0) is 11.2 Å². The monoisotopic (exact) mass is 471 g/mol. The van der Waals surface area contributed by atoms with Gasteiger partial charge in [0.25, 0.3) is 10.9 Å². The average molecular weight is 472 g/mol. The summed E-state index contributed by atoms with van der Waals surface area (Å²) in [7, 11) is 0. The Balaban J connectivity index is 1.30. The van der Waals surface area contributed by atoms with E-state index in [0.717, 1.165) is 41.3 Å². The maximum Gasteiger partial charge on any atom is 0.326 e. The number of anilines is 4. The molecule has 0 bridgehead atoms. The number of aromatic nitrogens is 2. The van der Waals surface area contributed by atoms with Gasteiger partial charge in [0.1, 0.15) is 23.2 Å². The van der Waals surface area contributed by atoms with Crippen molar-refractivity contribution in [2.45, 2.75) is 31.7 Å². The Bertz CT molecular complexity index is 1430. The summed E-state index contributed by atoms with van der Waals surface area (Å²) in [5.41, 5.74) is 0.851. The van der Waals surface area contributed by atoms with Crippen LogP contribution in [-0.4, -0.2) is 40.2 Å². The van der Waals surface area contributed by atoms with Gasteiger partial charge in [-0.15, -0.1) is 0 Å². The van der Waals surface area contributed by atoms with Crippen molar-refractivity contribution in [1.82, 2.24) is 9.97 Å². The number of fused-ring (bicyclic) bond motifs is 1. The van der Waals surface area contributed by atoms with Gasteiger partial charge < -0.3 is 20.6 Å². The van der Waals surface area contributed by atoms with Gasteiger partial charge in [-0.05, 0) is 54.5 Å². The highest BCUT2D eigenvalue weighted by atomic mass is 16.4. The number of nitrogens with one attached hydrogen (secondary N) is 2. The first kappa shape index (κ1) is 22.5. The van der Waals surface area contributed by atoms with Crippen molar-refractivity contribution in [3.63, 3.8) is 0 Å². The molecule has 1 fully saturated rings. The van der Waals surface area contributed by atoms with Crippen LogP contribution in [0.1, 0.15) is 24.8 Å². The fourth-order valence-electron chi connectivity index (χ4n) is 4.51. The molecule has 9 heteroatoms. The van der Waals surface area contributed by atoms with Crippen LogP contribution in [0.5, 0.6) is 0 Å². The quantitative estimate of drug-likeness (QED) is 0.333. The Labute approximate surface area is 201 Å². The molecule has 1 atom stereocenters. The number of carboxylic acid groups (broad SMARTS) is 1. The molecule has 0 radical (unpaired) electrons. The Morgan fingerprint density at radius 3 is 2.49 bits per heavy atom. The summed E-state index contributed by atoms with van der Waals surface area (Å²) < 4.78 is 0.